The average Bonchev–Trinajstić information content (AvgIpc) is 2.80. The molecular formula is C24H20Cl2OSi2. The van der Waals surface area contributed by atoms with E-state index in [9.17, 15) is 4.80 Å². The zero-order chi connectivity index (χ0) is 20.3. The van der Waals surface area contributed by atoms with Crippen LogP contribution in [0.3, 0.4) is 0 Å². The molecule has 29 heavy (non-hydrogen) atoms. The first-order valence-corrected chi connectivity index (χ1v) is 15.7. The van der Waals surface area contributed by atoms with E-state index in [2.05, 4.69) is 0 Å². The Morgan fingerprint density at radius 3 is 1.34 bits per heavy atom. The zero-order valence-electron chi connectivity index (χ0n) is 15.7. The summed E-state index contributed by atoms with van der Waals surface area (Å²) in [5.41, 5.74) is 0. The van der Waals surface area contributed by atoms with E-state index in [1.807, 2.05) is 115 Å². The molecule has 5 heteroatoms. The minimum Gasteiger partial charge on any atom is -0.425 e. The number of hydrogen-bond donors (Lipinski definition) is 1. The van der Waals surface area contributed by atoms with Gasteiger partial charge in [0.25, 0.3) is 7.83 Å². The molecule has 0 bridgehead atoms. The molecule has 4 aromatic carbocycles. The first-order chi connectivity index (χ1) is 14.1. The molecule has 0 saturated carbocycles. The highest BCUT2D eigenvalue weighted by molar-refractivity contribution is 7.72. The van der Waals surface area contributed by atoms with E-state index in [0.717, 1.165) is 20.7 Å². The summed E-state index contributed by atoms with van der Waals surface area (Å²) in [6.45, 7) is -3.19. The highest BCUT2D eigenvalue weighted by Gasteiger charge is 2.60. The zero-order valence-corrected chi connectivity index (χ0v) is 19.2. The maximum absolute atomic E-state index is 12.7. The van der Waals surface area contributed by atoms with Crippen LogP contribution < -0.4 is 20.7 Å². The summed E-state index contributed by atoms with van der Waals surface area (Å²) >= 11 is 14.4. The lowest BCUT2D eigenvalue weighted by molar-refractivity contribution is 0.589. The van der Waals surface area contributed by atoms with Crippen molar-refractivity contribution in [3.8, 4) is 0 Å². The third-order valence-corrected chi connectivity index (χ3v) is 21.6. The summed E-state index contributed by atoms with van der Waals surface area (Å²) in [4.78, 5) is 12.7. The van der Waals surface area contributed by atoms with Gasteiger partial charge in [0.15, 0.2) is 0 Å². The van der Waals surface area contributed by atoms with Crippen molar-refractivity contribution in [3.05, 3.63) is 120 Å². The summed E-state index contributed by atoms with van der Waals surface area (Å²) in [6, 6.07) is 37.4. The van der Waals surface area contributed by atoms with Crippen LogP contribution in [0.1, 0.15) is 0 Å². The van der Waals surface area contributed by atoms with Gasteiger partial charge in [0.2, 0.25) is 6.90 Å². The van der Waals surface area contributed by atoms with E-state index in [4.69, 9.17) is 22.7 Å². The lowest BCUT2D eigenvalue weighted by atomic mass is 10.4. The van der Waals surface area contributed by atoms with Gasteiger partial charge in [-0.25, -0.2) is 0 Å². The predicted molar refractivity (Wildman–Crippen MR) is 129 cm³/mol. The van der Waals surface area contributed by atoms with Crippen LogP contribution in [0.4, 0.5) is 0 Å². The second kappa shape index (κ2) is 8.30. The van der Waals surface area contributed by atoms with E-state index in [0.29, 0.717) is 5.02 Å². The van der Waals surface area contributed by atoms with Crippen LogP contribution in [0, 0.1) is 0 Å². The van der Waals surface area contributed by atoms with Crippen LogP contribution in [-0.2, 0) is 0 Å². The Balaban J connectivity index is 2.12. The Labute approximate surface area is 182 Å². The van der Waals surface area contributed by atoms with Crippen LogP contribution >= 0.6 is 22.7 Å². The van der Waals surface area contributed by atoms with Crippen LogP contribution in [0.25, 0.3) is 0 Å². The highest BCUT2D eigenvalue weighted by Crippen LogP contribution is 2.25. The standard InChI is InChI=1S/C24H20Cl2OSi2/c25-23-18-10-11-19-24(23)29(27,22-16-8-3-9-17-22)28(26,20-12-4-1-5-13-20)21-14-6-2-7-15-21/h1-19,27H. The van der Waals surface area contributed by atoms with Crippen molar-refractivity contribution < 1.29 is 4.80 Å². The molecule has 0 fully saturated rings. The lowest BCUT2D eigenvalue weighted by Crippen LogP contribution is -2.83. The minimum absolute atomic E-state index is 0.551. The molecule has 0 aliphatic carbocycles. The van der Waals surface area contributed by atoms with Crippen LogP contribution in [0.15, 0.2) is 115 Å². The Bertz CT molecular complexity index is 1050. The van der Waals surface area contributed by atoms with Gasteiger partial charge < -0.3 is 4.80 Å². The Hall–Kier alpha value is -2.15. The molecule has 0 saturated heterocycles. The van der Waals surface area contributed by atoms with Gasteiger partial charge >= 0.3 is 0 Å². The van der Waals surface area contributed by atoms with Crippen molar-refractivity contribution in [2.24, 2.45) is 0 Å². The Morgan fingerprint density at radius 1 is 0.517 bits per heavy atom. The van der Waals surface area contributed by atoms with Crippen molar-refractivity contribution in [3.63, 3.8) is 0 Å². The van der Waals surface area contributed by atoms with Gasteiger partial charge in [0, 0.05) is 5.02 Å². The summed E-state index contributed by atoms with van der Waals surface area (Å²) in [5, 5.41) is 4.12. The van der Waals surface area contributed by atoms with Gasteiger partial charge in [-0.1, -0.05) is 121 Å². The third kappa shape index (κ3) is 3.39. The van der Waals surface area contributed by atoms with E-state index in [1.54, 1.807) is 0 Å². The molecule has 0 aromatic heterocycles. The van der Waals surface area contributed by atoms with Crippen LogP contribution in [0.2, 0.25) is 5.02 Å². The molecule has 4 aromatic rings. The number of rotatable bonds is 5. The highest BCUT2D eigenvalue weighted by atomic mass is 35.6. The van der Waals surface area contributed by atoms with E-state index < -0.39 is 14.7 Å². The number of halogens is 2. The first-order valence-electron chi connectivity index (χ1n) is 9.41. The molecule has 0 aliphatic rings. The van der Waals surface area contributed by atoms with Gasteiger partial charge in [0.1, 0.15) is 0 Å². The molecule has 1 nitrogen and oxygen atoms in total. The molecule has 0 aliphatic heterocycles. The maximum atomic E-state index is 12.7. The third-order valence-electron chi connectivity index (χ3n) is 5.30. The lowest BCUT2D eigenvalue weighted by Gasteiger charge is -2.40. The number of hydrogen-bond acceptors (Lipinski definition) is 1. The molecule has 0 radical (unpaired) electrons. The van der Waals surface area contributed by atoms with Gasteiger partial charge in [-0.3, -0.25) is 0 Å². The predicted octanol–water partition coefficient (Wildman–Crippen LogP) is 3.47. The minimum atomic E-state index is -3.51. The van der Waals surface area contributed by atoms with Gasteiger partial charge in [-0.15, -0.1) is 0 Å². The Morgan fingerprint density at radius 2 is 0.897 bits per heavy atom. The molecule has 0 spiro atoms. The molecule has 1 unspecified atom stereocenters. The van der Waals surface area contributed by atoms with E-state index in [1.165, 1.54) is 0 Å². The fourth-order valence-corrected chi connectivity index (χ4v) is 19.3. The van der Waals surface area contributed by atoms with Gasteiger partial charge in [-0.2, -0.15) is 11.1 Å². The smallest absolute Gasteiger partial charge is 0.267 e. The Kier molecular flexibility index (Phi) is 5.77. The first kappa shape index (κ1) is 20.1. The van der Waals surface area contributed by atoms with Crippen molar-refractivity contribution >= 4 is 58.2 Å². The quantitative estimate of drug-likeness (QED) is 0.364. The number of benzene rings is 4. The van der Waals surface area contributed by atoms with E-state index in [-0.39, 0.29) is 0 Å². The van der Waals surface area contributed by atoms with Gasteiger partial charge in [0.05, 0.1) is 0 Å². The van der Waals surface area contributed by atoms with E-state index >= 15 is 0 Å². The van der Waals surface area contributed by atoms with Crippen LogP contribution in [0.5, 0.6) is 0 Å². The topological polar surface area (TPSA) is 20.2 Å². The summed E-state index contributed by atoms with van der Waals surface area (Å²) < 4.78 is 0. The SMILES string of the molecule is O[Si](c1ccccc1)(c1ccccc1Cl)[Si](Cl)(c1ccccc1)c1ccccc1. The normalized spacial score (nSPS) is 13.6. The fourth-order valence-electron chi connectivity index (χ4n) is 3.89. The maximum Gasteiger partial charge on any atom is 0.267 e. The monoisotopic (exact) mass is 450 g/mol. The molecule has 144 valence electrons. The molecule has 1 N–H and O–H groups in total. The average molecular weight is 452 g/mol. The summed E-state index contributed by atoms with van der Waals surface area (Å²) in [6.07, 6.45) is 0. The van der Waals surface area contributed by atoms with Crippen molar-refractivity contribution in [2.45, 2.75) is 0 Å². The molecule has 0 amide bonds. The molecule has 4 rings (SSSR count). The second-order valence-electron chi connectivity index (χ2n) is 6.95. The molecule has 1 atom stereocenters. The van der Waals surface area contributed by atoms with Crippen molar-refractivity contribution in [1.29, 1.82) is 0 Å². The van der Waals surface area contributed by atoms with Crippen molar-refractivity contribution in [1.82, 2.24) is 0 Å². The molecule has 0 heterocycles. The summed E-state index contributed by atoms with van der Waals surface area (Å²) in [5.74, 6) is 0. The second-order valence-corrected chi connectivity index (χ2v) is 19.4. The van der Waals surface area contributed by atoms with Gasteiger partial charge in [-0.05, 0) is 26.8 Å². The largest absolute Gasteiger partial charge is 0.425 e. The van der Waals surface area contributed by atoms with Crippen molar-refractivity contribution in [2.75, 3.05) is 0 Å². The fraction of sp³-hybridized carbons (Fsp3) is 0. The van der Waals surface area contributed by atoms with Crippen LogP contribution in [-0.4, -0.2) is 19.5 Å². The summed E-state index contributed by atoms with van der Waals surface area (Å²) in [7, 11) is -3.51. The molecular weight excluding hydrogens is 431 g/mol.